The van der Waals surface area contributed by atoms with Crippen molar-refractivity contribution in [3.8, 4) is 11.3 Å². The number of aromatic nitrogens is 1. The largest absolute Gasteiger partial charge is 0.369 e. The van der Waals surface area contributed by atoms with Crippen molar-refractivity contribution in [1.82, 2.24) is 20.1 Å². The zero-order chi connectivity index (χ0) is 25.7. The van der Waals surface area contributed by atoms with Crippen LogP contribution in [0.4, 0.5) is 10.5 Å². The summed E-state index contributed by atoms with van der Waals surface area (Å²) in [6, 6.07) is 22.8. The van der Waals surface area contributed by atoms with E-state index < -0.39 is 24.3 Å². The van der Waals surface area contributed by atoms with E-state index in [0.717, 1.165) is 27.4 Å². The van der Waals surface area contributed by atoms with Gasteiger partial charge in [-0.2, -0.15) is 0 Å². The molecule has 2 heterocycles. The van der Waals surface area contributed by atoms with E-state index in [-0.39, 0.29) is 18.5 Å². The molecule has 36 heavy (non-hydrogen) atoms. The lowest BCUT2D eigenvalue weighted by Gasteiger charge is -2.45. The summed E-state index contributed by atoms with van der Waals surface area (Å²) in [4.78, 5) is 33.1. The summed E-state index contributed by atoms with van der Waals surface area (Å²) in [5.41, 5.74) is 16.3. The number of hydrogen-bond acceptors (Lipinski definition) is 7. The quantitative estimate of drug-likeness (QED) is 0.341. The Bertz CT molecular complexity index is 1160. The number of nitrogens with zero attached hydrogens (tertiary/aromatic N) is 3. The number of nitrogens with one attached hydrogen (secondary N) is 2. The van der Waals surface area contributed by atoms with Crippen molar-refractivity contribution in [3.05, 3.63) is 84.6 Å². The Morgan fingerprint density at radius 3 is 2.33 bits per heavy atom. The molecule has 0 aliphatic carbocycles. The minimum Gasteiger partial charge on any atom is -0.369 e. The SMILES string of the molecule is CC(N)CN1C(=O)N(C)C(=O)C(C(NCc2ccc(-c3ccccn3)cc2)Nc2ccccc2)C1N. The van der Waals surface area contributed by atoms with Crippen molar-refractivity contribution in [2.45, 2.75) is 31.8 Å². The van der Waals surface area contributed by atoms with Gasteiger partial charge in [-0.15, -0.1) is 0 Å². The third kappa shape index (κ3) is 5.71. The van der Waals surface area contributed by atoms with Crippen LogP contribution in [0.3, 0.4) is 0 Å². The smallest absolute Gasteiger partial charge is 0.327 e. The van der Waals surface area contributed by atoms with Gasteiger partial charge < -0.3 is 21.7 Å². The number of nitrogens with two attached hydrogens (primary N) is 2. The third-order valence-electron chi connectivity index (χ3n) is 6.26. The van der Waals surface area contributed by atoms with E-state index in [1.165, 1.54) is 11.9 Å². The molecule has 9 heteroatoms. The second kappa shape index (κ2) is 11.3. The molecular formula is C27H33N7O2. The Hall–Kier alpha value is -3.79. The number of para-hydroxylation sites is 1. The van der Waals surface area contributed by atoms with Crippen LogP contribution in [0.1, 0.15) is 12.5 Å². The predicted octanol–water partition coefficient (Wildman–Crippen LogP) is 2.42. The van der Waals surface area contributed by atoms with Crippen LogP contribution in [-0.2, 0) is 11.3 Å². The summed E-state index contributed by atoms with van der Waals surface area (Å²) in [5, 5.41) is 6.87. The molecule has 1 aliphatic rings. The maximum absolute atomic E-state index is 13.3. The average molecular weight is 488 g/mol. The van der Waals surface area contributed by atoms with Crippen LogP contribution in [0, 0.1) is 5.92 Å². The van der Waals surface area contributed by atoms with Gasteiger partial charge in [0.2, 0.25) is 5.91 Å². The lowest BCUT2D eigenvalue weighted by atomic mass is 9.96. The molecule has 0 radical (unpaired) electrons. The highest BCUT2D eigenvalue weighted by atomic mass is 16.2. The maximum atomic E-state index is 13.3. The standard InChI is InChI=1S/C27H33N7O2/c1-18(28)17-34-24(29)23(26(35)33(2)27(34)36)25(32-21-8-4-3-5-9-21)31-16-19-11-13-20(14-12-19)22-10-6-7-15-30-22/h3-15,18,23-25,31-32H,16-17,28-29H2,1-2H3. The average Bonchev–Trinajstić information content (AvgIpc) is 2.90. The van der Waals surface area contributed by atoms with E-state index in [0.29, 0.717) is 6.54 Å². The van der Waals surface area contributed by atoms with E-state index in [2.05, 4.69) is 15.6 Å². The van der Waals surface area contributed by atoms with Gasteiger partial charge in [0.05, 0.1) is 18.0 Å². The molecule has 4 atom stereocenters. The van der Waals surface area contributed by atoms with Gasteiger partial charge in [0.15, 0.2) is 0 Å². The maximum Gasteiger partial charge on any atom is 0.327 e. The van der Waals surface area contributed by atoms with E-state index in [4.69, 9.17) is 11.5 Å². The van der Waals surface area contributed by atoms with Gasteiger partial charge in [0.25, 0.3) is 0 Å². The molecule has 4 unspecified atom stereocenters. The molecular weight excluding hydrogens is 454 g/mol. The fourth-order valence-electron chi connectivity index (χ4n) is 4.36. The molecule has 3 aromatic rings. The number of rotatable bonds is 9. The molecule has 1 fully saturated rings. The first-order chi connectivity index (χ1) is 17.3. The molecule has 2 aromatic carbocycles. The van der Waals surface area contributed by atoms with Crippen molar-refractivity contribution < 1.29 is 9.59 Å². The number of hydrogen-bond donors (Lipinski definition) is 4. The number of amides is 3. The molecule has 0 bridgehead atoms. The topological polar surface area (TPSA) is 130 Å². The molecule has 3 amide bonds. The fourth-order valence-corrected chi connectivity index (χ4v) is 4.36. The van der Waals surface area contributed by atoms with E-state index in [1.807, 2.05) is 72.8 Å². The van der Waals surface area contributed by atoms with Crippen LogP contribution in [0.25, 0.3) is 11.3 Å². The van der Waals surface area contributed by atoms with Gasteiger partial charge >= 0.3 is 6.03 Å². The van der Waals surface area contributed by atoms with Crippen molar-refractivity contribution >= 4 is 17.6 Å². The molecule has 1 aromatic heterocycles. The summed E-state index contributed by atoms with van der Waals surface area (Å²) in [6.07, 6.45) is 0.384. The third-order valence-corrected chi connectivity index (χ3v) is 6.26. The first-order valence-corrected chi connectivity index (χ1v) is 12.0. The Labute approximate surface area is 211 Å². The Morgan fingerprint density at radius 2 is 1.69 bits per heavy atom. The monoisotopic (exact) mass is 487 g/mol. The number of carbonyl (C=O) groups is 2. The lowest BCUT2D eigenvalue weighted by Crippen LogP contribution is -2.69. The van der Waals surface area contributed by atoms with Crippen LogP contribution in [0.5, 0.6) is 0 Å². The van der Waals surface area contributed by atoms with Gasteiger partial charge in [-0.25, -0.2) is 4.79 Å². The molecule has 0 spiro atoms. The highest BCUT2D eigenvalue weighted by Gasteiger charge is 2.47. The van der Waals surface area contributed by atoms with Crippen molar-refractivity contribution in [3.63, 3.8) is 0 Å². The summed E-state index contributed by atoms with van der Waals surface area (Å²) < 4.78 is 0. The van der Waals surface area contributed by atoms with Gasteiger partial charge in [0.1, 0.15) is 5.92 Å². The van der Waals surface area contributed by atoms with Gasteiger partial charge in [-0.3, -0.25) is 20.0 Å². The van der Waals surface area contributed by atoms with Crippen LogP contribution in [-0.4, -0.2) is 58.7 Å². The van der Waals surface area contributed by atoms with Crippen LogP contribution in [0.2, 0.25) is 0 Å². The van der Waals surface area contributed by atoms with E-state index in [9.17, 15) is 9.59 Å². The second-order valence-corrected chi connectivity index (χ2v) is 9.11. The molecule has 188 valence electrons. The summed E-state index contributed by atoms with van der Waals surface area (Å²) in [6.45, 7) is 2.54. The normalized spacial score (nSPS) is 19.8. The predicted molar refractivity (Wildman–Crippen MR) is 140 cm³/mol. The first kappa shape index (κ1) is 25.3. The summed E-state index contributed by atoms with van der Waals surface area (Å²) >= 11 is 0. The summed E-state index contributed by atoms with van der Waals surface area (Å²) in [5.74, 6) is -1.08. The van der Waals surface area contributed by atoms with Crippen molar-refractivity contribution in [2.75, 3.05) is 18.9 Å². The number of urea groups is 1. The van der Waals surface area contributed by atoms with Crippen molar-refractivity contribution in [1.29, 1.82) is 0 Å². The highest BCUT2D eigenvalue weighted by Crippen LogP contribution is 2.24. The van der Waals surface area contributed by atoms with Crippen molar-refractivity contribution in [2.24, 2.45) is 17.4 Å². The van der Waals surface area contributed by atoms with Gasteiger partial charge in [-0.1, -0.05) is 48.5 Å². The van der Waals surface area contributed by atoms with E-state index in [1.54, 1.807) is 13.1 Å². The molecule has 9 nitrogen and oxygen atoms in total. The van der Waals surface area contributed by atoms with Crippen LogP contribution < -0.4 is 22.1 Å². The number of imide groups is 1. The minimum atomic E-state index is -0.840. The highest BCUT2D eigenvalue weighted by molar-refractivity contribution is 5.98. The fraction of sp³-hybridized carbons (Fsp3) is 0.296. The zero-order valence-corrected chi connectivity index (χ0v) is 20.5. The lowest BCUT2D eigenvalue weighted by molar-refractivity contribution is -0.138. The second-order valence-electron chi connectivity index (χ2n) is 9.11. The number of anilines is 1. The van der Waals surface area contributed by atoms with Gasteiger partial charge in [0, 0.05) is 43.6 Å². The minimum absolute atomic E-state index is 0.251. The number of benzene rings is 2. The Kier molecular flexibility index (Phi) is 7.94. The molecule has 4 rings (SSSR count). The Morgan fingerprint density at radius 1 is 1.00 bits per heavy atom. The molecule has 0 saturated carbocycles. The first-order valence-electron chi connectivity index (χ1n) is 12.0. The Balaban J connectivity index is 1.56. The molecule has 6 N–H and O–H groups in total. The van der Waals surface area contributed by atoms with Gasteiger partial charge in [-0.05, 0) is 36.8 Å². The zero-order valence-electron chi connectivity index (χ0n) is 20.5. The number of pyridine rings is 1. The molecule has 1 saturated heterocycles. The molecule has 1 aliphatic heterocycles. The number of carbonyl (C=O) groups excluding carboxylic acids is 2. The van der Waals surface area contributed by atoms with Crippen LogP contribution in [0.15, 0.2) is 79.0 Å². The van der Waals surface area contributed by atoms with Crippen LogP contribution >= 0.6 is 0 Å². The van der Waals surface area contributed by atoms with E-state index >= 15 is 0 Å². The summed E-state index contributed by atoms with van der Waals surface area (Å²) in [7, 11) is 1.48.